The van der Waals surface area contributed by atoms with Gasteiger partial charge in [-0.05, 0) is 50.2 Å². The van der Waals surface area contributed by atoms with E-state index >= 15 is 0 Å². The first-order chi connectivity index (χ1) is 13.6. The number of aromatic hydroxyl groups is 1. The quantitative estimate of drug-likeness (QED) is 0.557. The number of hydrogen-bond acceptors (Lipinski definition) is 6. The molecule has 0 bridgehead atoms. The summed E-state index contributed by atoms with van der Waals surface area (Å²) >= 11 is 1.68. The number of hydrogen-bond donors (Lipinski definition) is 1. The molecule has 28 heavy (non-hydrogen) atoms. The van der Waals surface area contributed by atoms with Gasteiger partial charge in [-0.3, -0.25) is 0 Å². The van der Waals surface area contributed by atoms with E-state index in [1.807, 2.05) is 56.6 Å². The minimum atomic E-state index is -0.145. The molecule has 0 saturated heterocycles. The number of phenolic OH excluding ortho intramolecular Hbond substituents is 1. The van der Waals surface area contributed by atoms with Gasteiger partial charge in [0.2, 0.25) is 5.89 Å². The Morgan fingerprint density at radius 2 is 1.89 bits per heavy atom. The first kappa shape index (κ1) is 20.3. The Balaban J connectivity index is 1.76. The van der Waals surface area contributed by atoms with Crippen molar-refractivity contribution in [2.75, 3.05) is 33.0 Å². The second-order valence-electron chi connectivity index (χ2n) is 6.63. The lowest BCUT2D eigenvalue weighted by atomic mass is 10.1. The minimum absolute atomic E-state index is 0.145. The monoisotopic (exact) mass is 398 g/mol. The van der Waals surface area contributed by atoms with Crippen molar-refractivity contribution < 1.29 is 14.3 Å². The largest absolute Gasteiger partial charge is 0.508 e. The molecule has 1 N–H and O–H groups in total. The van der Waals surface area contributed by atoms with Gasteiger partial charge < -0.3 is 19.2 Å². The summed E-state index contributed by atoms with van der Waals surface area (Å²) < 4.78 is 11.8. The number of para-hydroxylation sites is 1. The molecule has 3 aromatic rings. The highest BCUT2D eigenvalue weighted by molar-refractivity contribution is 7.99. The van der Waals surface area contributed by atoms with Crippen molar-refractivity contribution in [3.63, 3.8) is 0 Å². The Hall–Kier alpha value is -2.44. The zero-order valence-electron chi connectivity index (χ0n) is 16.5. The SMILES string of the molecule is CCSC(c1ncc(-c2ccc(OCCN(C)C)cc2)o1)c1ccccc1O. The molecule has 6 heteroatoms. The normalized spacial score (nSPS) is 12.3. The standard InChI is InChI=1S/C22H26N2O3S/c1-4-28-21(18-7-5-6-8-19(18)25)22-23-15-20(27-22)16-9-11-17(12-10-16)26-14-13-24(2)3/h5-12,15,21,25H,4,13-14H2,1-3H3. The Bertz CT molecular complexity index is 877. The van der Waals surface area contributed by atoms with Crippen LogP contribution in [0.3, 0.4) is 0 Å². The average Bonchev–Trinajstić information content (AvgIpc) is 3.17. The third-order valence-corrected chi connectivity index (χ3v) is 5.37. The second kappa shape index (κ2) is 9.66. The van der Waals surface area contributed by atoms with Crippen LogP contribution in [-0.4, -0.2) is 48.0 Å². The minimum Gasteiger partial charge on any atom is -0.508 e. The van der Waals surface area contributed by atoms with Crippen LogP contribution in [0.4, 0.5) is 0 Å². The predicted molar refractivity (Wildman–Crippen MR) is 114 cm³/mol. The Kier molecular flexibility index (Phi) is 7.01. The Morgan fingerprint density at radius 1 is 1.14 bits per heavy atom. The summed E-state index contributed by atoms with van der Waals surface area (Å²) in [4.78, 5) is 6.57. The van der Waals surface area contributed by atoms with E-state index in [9.17, 15) is 5.11 Å². The van der Waals surface area contributed by atoms with Gasteiger partial charge in [0, 0.05) is 17.7 Å². The van der Waals surface area contributed by atoms with Gasteiger partial charge in [0.25, 0.3) is 0 Å². The Labute approximate surface area is 170 Å². The fraction of sp³-hybridized carbons (Fsp3) is 0.318. The van der Waals surface area contributed by atoms with E-state index in [0.29, 0.717) is 18.3 Å². The highest BCUT2D eigenvalue weighted by atomic mass is 32.2. The molecule has 1 heterocycles. The molecule has 0 fully saturated rings. The lowest BCUT2D eigenvalue weighted by Crippen LogP contribution is -2.19. The maximum Gasteiger partial charge on any atom is 0.212 e. The maximum atomic E-state index is 10.2. The molecule has 0 spiro atoms. The fourth-order valence-corrected chi connectivity index (χ4v) is 3.74. The van der Waals surface area contributed by atoms with E-state index < -0.39 is 0 Å². The van der Waals surface area contributed by atoms with Crippen LogP contribution in [-0.2, 0) is 0 Å². The predicted octanol–water partition coefficient (Wildman–Crippen LogP) is 4.83. The number of rotatable bonds is 9. The van der Waals surface area contributed by atoms with Crippen molar-refractivity contribution in [1.29, 1.82) is 0 Å². The van der Waals surface area contributed by atoms with E-state index in [2.05, 4.69) is 16.8 Å². The molecule has 3 rings (SSSR count). The topological polar surface area (TPSA) is 58.7 Å². The fourth-order valence-electron chi connectivity index (χ4n) is 2.77. The molecular formula is C22H26N2O3S. The van der Waals surface area contributed by atoms with Crippen molar-refractivity contribution in [3.8, 4) is 22.8 Å². The van der Waals surface area contributed by atoms with Crippen LogP contribution in [0.25, 0.3) is 11.3 Å². The third-order valence-electron chi connectivity index (χ3n) is 4.25. The average molecular weight is 399 g/mol. The molecule has 2 aromatic carbocycles. The maximum absolute atomic E-state index is 10.2. The van der Waals surface area contributed by atoms with Gasteiger partial charge in [0.1, 0.15) is 23.4 Å². The summed E-state index contributed by atoms with van der Waals surface area (Å²) in [7, 11) is 4.04. The molecule has 0 aliphatic heterocycles. The molecule has 1 aromatic heterocycles. The molecule has 1 atom stereocenters. The van der Waals surface area contributed by atoms with Gasteiger partial charge in [-0.25, -0.2) is 4.98 Å². The lowest BCUT2D eigenvalue weighted by molar-refractivity contribution is 0.261. The van der Waals surface area contributed by atoms with Crippen molar-refractivity contribution in [2.45, 2.75) is 12.2 Å². The highest BCUT2D eigenvalue weighted by Gasteiger charge is 2.22. The van der Waals surface area contributed by atoms with Crippen molar-refractivity contribution in [3.05, 3.63) is 66.2 Å². The number of benzene rings is 2. The van der Waals surface area contributed by atoms with Crippen molar-refractivity contribution in [1.82, 2.24) is 9.88 Å². The number of thioether (sulfide) groups is 1. The number of ether oxygens (including phenoxy) is 1. The van der Waals surface area contributed by atoms with Crippen LogP contribution >= 0.6 is 11.8 Å². The molecule has 0 aliphatic rings. The number of aromatic nitrogens is 1. The summed E-state index contributed by atoms with van der Waals surface area (Å²) in [6, 6.07) is 15.1. The van der Waals surface area contributed by atoms with Crippen LogP contribution in [0.2, 0.25) is 0 Å². The zero-order valence-corrected chi connectivity index (χ0v) is 17.3. The van der Waals surface area contributed by atoms with Crippen LogP contribution in [0.1, 0.15) is 23.6 Å². The molecule has 0 aliphatic carbocycles. The van der Waals surface area contributed by atoms with E-state index in [-0.39, 0.29) is 11.0 Å². The van der Waals surface area contributed by atoms with E-state index in [0.717, 1.165) is 29.2 Å². The number of oxazole rings is 1. The first-order valence-electron chi connectivity index (χ1n) is 9.31. The van der Waals surface area contributed by atoms with E-state index in [1.165, 1.54) is 0 Å². The van der Waals surface area contributed by atoms with Gasteiger partial charge in [0.15, 0.2) is 5.76 Å². The summed E-state index contributed by atoms with van der Waals surface area (Å²) in [6.45, 7) is 3.60. The molecular weight excluding hydrogens is 372 g/mol. The molecule has 1 unspecified atom stereocenters. The first-order valence-corrected chi connectivity index (χ1v) is 10.4. The van der Waals surface area contributed by atoms with Crippen molar-refractivity contribution >= 4 is 11.8 Å². The van der Waals surface area contributed by atoms with Crippen LogP contribution in [0.5, 0.6) is 11.5 Å². The summed E-state index contributed by atoms with van der Waals surface area (Å²) in [5.74, 6) is 3.27. The number of nitrogens with zero attached hydrogens (tertiary/aromatic N) is 2. The van der Waals surface area contributed by atoms with Gasteiger partial charge >= 0.3 is 0 Å². The molecule has 0 saturated carbocycles. The summed E-state index contributed by atoms with van der Waals surface area (Å²) in [6.07, 6.45) is 1.74. The van der Waals surface area contributed by atoms with Crippen LogP contribution in [0.15, 0.2) is 59.1 Å². The second-order valence-corrected chi connectivity index (χ2v) is 8.02. The third kappa shape index (κ3) is 5.09. The molecule has 148 valence electrons. The smallest absolute Gasteiger partial charge is 0.212 e. The number of likely N-dealkylation sites (N-methyl/N-ethyl adjacent to an activating group) is 1. The van der Waals surface area contributed by atoms with E-state index in [1.54, 1.807) is 24.0 Å². The molecule has 0 radical (unpaired) electrons. The Morgan fingerprint density at radius 3 is 2.57 bits per heavy atom. The van der Waals surface area contributed by atoms with Gasteiger partial charge in [0.05, 0.1) is 6.20 Å². The van der Waals surface area contributed by atoms with Crippen molar-refractivity contribution in [2.24, 2.45) is 0 Å². The van der Waals surface area contributed by atoms with E-state index in [4.69, 9.17) is 9.15 Å². The molecule has 5 nitrogen and oxygen atoms in total. The highest BCUT2D eigenvalue weighted by Crippen LogP contribution is 2.40. The van der Waals surface area contributed by atoms with Gasteiger partial charge in [-0.2, -0.15) is 0 Å². The van der Waals surface area contributed by atoms with Gasteiger partial charge in [-0.15, -0.1) is 11.8 Å². The zero-order chi connectivity index (χ0) is 19.9. The van der Waals surface area contributed by atoms with Crippen LogP contribution < -0.4 is 4.74 Å². The number of phenols is 1. The van der Waals surface area contributed by atoms with Gasteiger partial charge in [-0.1, -0.05) is 25.1 Å². The summed E-state index contributed by atoms with van der Waals surface area (Å²) in [5, 5.41) is 10.1. The van der Waals surface area contributed by atoms with Crippen LogP contribution in [0, 0.1) is 0 Å². The summed E-state index contributed by atoms with van der Waals surface area (Å²) in [5.41, 5.74) is 1.75. The molecule has 0 amide bonds. The lowest BCUT2D eigenvalue weighted by Gasteiger charge is -2.14.